The van der Waals surface area contributed by atoms with Crippen molar-refractivity contribution in [3.8, 4) is 0 Å². The lowest BCUT2D eigenvalue weighted by Crippen LogP contribution is -2.58. The molecule has 2 heterocycles. The molecule has 6 heteroatoms. The van der Waals surface area contributed by atoms with Gasteiger partial charge in [0.25, 0.3) is 0 Å². The van der Waals surface area contributed by atoms with Gasteiger partial charge < -0.3 is 4.90 Å². The van der Waals surface area contributed by atoms with Crippen LogP contribution in [0, 0.1) is 24.0 Å². The van der Waals surface area contributed by atoms with E-state index in [1.807, 2.05) is 4.90 Å². The Morgan fingerprint density at radius 1 is 1.15 bits per heavy atom. The van der Waals surface area contributed by atoms with Gasteiger partial charge in [-0.25, -0.2) is 13.8 Å². The fourth-order valence-corrected chi connectivity index (χ4v) is 5.93. The topological polar surface area (TPSA) is 40.0 Å². The first-order chi connectivity index (χ1) is 18.6. The van der Waals surface area contributed by atoms with Crippen LogP contribution in [0.4, 0.5) is 14.6 Å². The van der Waals surface area contributed by atoms with E-state index in [-0.39, 0.29) is 16.3 Å². The molecule has 1 saturated heterocycles. The maximum Gasteiger partial charge on any atom is 0.166 e. The summed E-state index contributed by atoms with van der Waals surface area (Å²) in [5.74, 6) is -0.341. The van der Waals surface area contributed by atoms with E-state index in [4.69, 9.17) is 17.0 Å². The van der Waals surface area contributed by atoms with Gasteiger partial charge in [-0.3, -0.25) is 5.41 Å². The van der Waals surface area contributed by atoms with Crippen LogP contribution in [0.5, 0.6) is 0 Å². The molecule has 2 aromatic carbocycles. The van der Waals surface area contributed by atoms with Crippen molar-refractivity contribution in [3.63, 3.8) is 0 Å². The largest absolute Gasteiger partial charge is 0.352 e. The average molecular weight is 548 g/mol. The van der Waals surface area contributed by atoms with E-state index in [1.54, 1.807) is 18.3 Å². The van der Waals surface area contributed by atoms with Crippen LogP contribution in [-0.2, 0) is 11.8 Å². The average Bonchev–Trinajstić information content (AvgIpc) is 2.87. The number of hydrogen-bond acceptors (Lipinski definition) is 3. The molecule has 0 bridgehead atoms. The summed E-state index contributed by atoms with van der Waals surface area (Å²) in [5, 5.41) is 9.15. The first kappa shape index (κ1) is 28.7. The number of aromatic nitrogens is 1. The van der Waals surface area contributed by atoms with Gasteiger partial charge in [-0.05, 0) is 85.2 Å². The zero-order chi connectivity index (χ0) is 28.3. The first-order valence-corrected chi connectivity index (χ1v) is 13.8. The van der Waals surface area contributed by atoms with E-state index >= 15 is 0 Å². The molecule has 3 aromatic rings. The third-order valence-electron chi connectivity index (χ3n) is 7.70. The first-order valence-electron chi connectivity index (χ1n) is 13.4. The second-order valence-corrected chi connectivity index (χ2v) is 11.3. The Labute approximate surface area is 235 Å². The molecule has 204 valence electrons. The van der Waals surface area contributed by atoms with Gasteiger partial charge in [0.15, 0.2) is 11.6 Å². The molecule has 4 rings (SSSR count). The van der Waals surface area contributed by atoms with Gasteiger partial charge in [0.05, 0.1) is 10.7 Å². The lowest BCUT2D eigenvalue weighted by Gasteiger charge is -2.49. The van der Waals surface area contributed by atoms with E-state index in [1.165, 1.54) is 40.5 Å². The summed E-state index contributed by atoms with van der Waals surface area (Å²) < 4.78 is 28.2. The third kappa shape index (κ3) is 6.14. The number of aryl methyl sites for hydroxylation is 2. The second-order valence-electron chi connectivity index (χ2n) is 10.9. The minimum atomic E-state index is -0.404. The minimum Gasteiger partial charge on any atom is -0.352 e. The normalized spacial score (nSPS) is 15.0. The Hall–Kier alpha value is -3.31. The number of allylic oxidation sites excluding steroid dienone is 2. The fourth-order valence-electron chi connectivity index (χ4n) is 5.67. The van der Waals surface area contributed by atoms with Gasteiger partial charge in [0.2, 0.25) is 0 Å². The molecular weight excluding hydrogens is 512 g/mol. The maximum absolute atomic E-state index is 14.6. The quantitative estimate of drug-likeness (QED) is 0.257. The van der Waals surface area contributed by atoms with Crippen molar-refractivity contribution in [2.24, 2.45) is 0 Å². The smallest absolute Gasteiger partial charge is 0.166 e. The summed E-state index contributed by atoms with van der Waals surface area (Å²) in [5.41, 5.74) is 7.30. The van der Waals surface area contributed by atoms with Crippen molar-refractivity contribution in [2.75, 3.05) is 18.0 Å². The number of nitrogens with zero attached hydrogens (tertiary/aromatic N) is 2. The molecule has 1 fully saturated rings. The molecule has 1 aliphatic rings. The predicted molar refractivity (Wildman–Crippen MR) is 159 cm³/mol. The lowest BCUT2D eigenvalue weighted by atomic mass is 9.73. The van der Waals surface area contributed by atoms with Gasteiger partial charge in [0, 0.05) is 30.3 Å². The van der Waals surface area contributed by atoms with Gasteiger partial charge >= 0.3 is 0 Å². The highest BCUT2D eigenvalue weighted by atomic mass is 35.5. The Morgan fingerprint density at radius 2 is 1.90 bits per heavy atom. The fraction of sp³-hybridized carbons (Fsp3) is 0.333. The number of halogens is 3. The molecule has 1 aliphatic heterocycles. The van der Waals surface area contributed by atoms with Crippen molar-refractivity contribution < 1.29 is 8.78 Å². The highest BCUT2D eigenvalue weighted by Gasteiger charge is 2.42. The van der Waals surface area contributed by atoms with Crippen molar-refractivity contribution >= 4 is 29.2 Å². The zero-order valence-electron chi connectivity index (χ0n) is 23.2. The number of pyridine rings is 1. The Balaban J connectivity index is 1.48. The second kappa shape index (κ2) is 11.8. The molecule has 1 aromatic heterocycles. The van der Waals surface area contributed by atoms with Crippen LogP contribution in [0.1, 0.15) is 67.9 Å². The monoisotopic (exact) mass is 547 g/mol. The summed E-state index contributed by atoms with van der Waals surface area (Å²) in [6.45, 7) is 13.6. The molecule has 0 aliphatic carbocycles. The van der Waals surface area contributed by atoms with Crippen LogP contribution in [-0.4, -0.2) is 23.8 Å². The summed E-state index contributed by atoms with van der Waals surface area (Å²) in [4.78, 5) is 6.29. The molecule has 3 nitrogen and oxygen atoms in total. The Morgan fingerprint density at radius 3 is 2.51 bits per heavy atom. The lowest BCUT2D eigenvalue weighted by molar-refractivity contribution is 0.355. The number of nitrogens with one attached hydrogen (secondary N) is 1. The predicted octanol–water partition coefficient (Wildman–Crippen LogP) is 8.86. The molecule has 0 amide bonds. The van der Waals surface area contributed by atoms with Crippen molar-refractivity contribution in [1.29, 1.82) is 5.41 Å². The number of benzene rings is 2. The van der Waals surface area contributed by atoms with Gasteiger partial charge in [0.1, 0.15) is 5.82 Å². The van der Waals surface area contributed by atoms with E-state index in [9.17, 15) is 8.78 Å². The Kier molecular flexibility index (Phi) is 8.70. The van der Waals surface area contributed by atoms with E-state index in [2.05, 4.69) is 57.5 Å². The molecule has 0 spiro atoms. The highest BCUT2D eigenvalue weighted by Crippen LogP contribution is 2.39. The number of anilines is 1. The van der Waals surface area contributed by atoms with Gasteiger partial charge in [-0.1, -0.05) is 68.3 Å². The third-order valence-corrected chi connectivity index (χ3v) is 8.02. The maximum atomic E-state index is 14.6. The van der Waals surface area contributed by atoms with Gasteiger partial charge in [-0.2, -0.15) is 0 Å². The summed E-state index contributed by atoms with van der Waals surface area (Å²) >= 11 is 6.30. The number of rotatable bonds is 10. The van der Waals surface area contributed by atoms with Crippen LogP contribution in [0.15, 0.2) is 66.4 Å². The van der Waals surface area contributed by atoms with Crippen LogP contribution in [0.3, 0.4) is 0 Å². The van der Waals surface area contributed by atoms with E-state index in [0.717, 1.165) is 24.8 Å². The van der Waals surface area contributed by atoms with E-state index < -0.39 is 5.82 Å². The molecule has 0 radical (unpaired) electrons. The SMILES string of the molecule is C=Cc1cnc(N2CC(C)(c3ccc(CC/C(C(=N)c4ccc(F)cc4Cl)=C(/C)CCC)cc3C)C2)c(F)c1. The van der Waals surface area contributed by atoms with Crippen molar-refractivity contribution in [3.05, 3.63) is 111 Å². The summed E-state index contributed by atoms with van der Waals surface area (Å²) in [7, 11) is 0. The molecule has 0 saturated carbocycles. The standard InChI is InChI=1S/C33H36ClF2N3/c1-6-8-21(3)26(31(37)27-13-11-25(35)17-29(27)34)12-9-24-10-14-28(22(4)15-24)33(5)19-39(20-33)32-30(36)16-23(7-2)18-38-32/h7,10-11,13-18,37H,2,6,8-9,12,19-20H2,1,3-5H3/b26-21+,37-31?. The van der Waals surface area contributed by atoms with E-state index in [0.29, 0.717) is 42.2 Å². The summed E-state index contributed by atoms with van der Waals surface area (Å²) in [6.07, 6.45) is 6.61. The van der Waals surface area contributed by atoms with Crippen molar-refractivity contribution in [2.45, 2.75) is 58.8 Å². The molecular formula is C33H36ClF2N3. The summed E-state index contributed by atoms with van der Waals surface area (Å²) in [6, 6.07) is 12.3. The number of hydrogen-bond donors (Lipinski definition) is 1. The molecule has 0 atom stereocenters. The molecule has 39 heavy (non-hydrogen) atoms. The zero-order valence-corrected chi connectivity index (χ0v) is 23.9. The Bertz CT molecular complexity index is 1440. The van der Waals surface area contributed by atoms with Gasteiger partial charge in [-0.15, -0.1) is 0 Å². The molecule has 1 N–H and O–H groups in total. The van der Waals surface area contributed by atoms with Crippen LogP contribution >= 0.6 is 11.6 Å². The highest BCUT2D eigenvalue weighted by molar-refractivity contribution is 6.35. The molecule has 0 unspecified atom stereocenters. The van der Waals surface area contributed by atoms with Crippen LogP contribution in [0.2, 0.25) is 5.02 Å². The van der Waals surface area contributed by atoms with Crippen molar-refractivity contribution in [1.82, 2.24) is 4.98 Å². The van der Waals surface area contributed by atoms with Crippen LogP contribution < -0.4 is 4.90 Å². The minimum absolute atomic E-state index is 0.0852. The van der Waals surface area contributed by atoms with Crippen LogP contribution in [0.25, 0.3) is 6.08 Å².